The Labute approximate surface area is 130 Å². The maximum absolute atomic E-state index is 13.1. The van der Waals surface area contributed by atoms with Crippen molar-refractivity contribution in [2.75, 3.05) is 0 Å². The first-order valence-electron chi connectivity index (χ1n) is 6.86. The molecule has 2 aromatic carbocycles. The minimum atomic E-state index is -0.586. The first-order valence-corrected chi connectivity index (χ1v) is 6.86. The van der Waals surface area contributed by atoms with Crippen LogP contribution in [0.1, 0.15) is 5.56 Å². The molecule has 1 aromatic heterocycles. The van der Waals surface area contributed by atoms with Crippen molar-refractivity contribution >= 4 is 16.9 Å². The van der Waals surface area contributed by atoms with E-state index in [-0.39, 0.29) is 13.2 Å². The summed E-state index contributed by atoms with van der Waals surface area (Å²) < 4.78 is 19.0. The minimum absolute atomic E-state index is 0.0898. The molecule has 0 amide bonds. The lowest BCUT2D eigenvalue weighted by molar-refractivity contribution is -0.147. The third-order valence-electron chi connectivity index (χ3n) is 3.21. The summed E-state index contributed by atoms with van der Waals surface area (Å²) in [5.74, 6) is -1.01. The zero-order valence-corrected chi connectivity index (χ0v) is 12.0. The molecule has 0 aliphatic carbocycles. The van der Waals surface area contributed by atoms with E-state index in [2.05, 4.69) is 10.3 Å². The van der Waals surface area contributed by atoms with Gasteiger partial charge in [-0.05, 0) is 29.8 Å². The smallest absolute Gasteiger partial charge is 0.312 e. The van der Waals surface area contributed by atoms with E-state index in [4.69, 9.17) is 4.74 Å². The average Bonchev–Trinajstić information content (AvgIpc) is 2.54. The van der Waals surface area contributed by atoms with E-state index in [1.165, 1.54) is 18.2 Å². The number of esters is 1. The fourth-order valence-electron chi connectivity index (χ4n) is 2.11. The molecule has 0 saturated heterocycles. The Morgan fingerprint density at radius 3 is 2.83 bits per heavy atom. The molecule has 0 aliphatic rings. The van der Waals surface area contributed by atoms with Crippen molar-refractivity contribution in [2.45, 2.75) is 13.2 Å². The number of nitrogens with zero attached hydrogens (tertiary/aromatic N) is 3. The van der Waals surface area contributed by atoms with Crippen LogP contribution >= 0.6 is 0 Å². The zero-order chi connectivity index (χ0) is 16.2. The van der Waals surface area contributed by atoms with Crippen LogP contribution in [-0.2, 0) is 22.7 Å². The highest BCUT2D eigenvalue weighted by atomic mass is 19.1. The SMILES string of the molecule is O=C(Cc1cccc(F)c1)OCn1nnc2ccccc2c1=O. The highest BCUT2D eigenvalue weighted by Crippen LogP contribution is 2.06. The lowest BCUT2D eigenvalue weighted by Gasteiger charge is -2.06. The van der Waals surface area contributed by atoms with Crippen molar-refractivity contribution in [1.82, 2.24) is 15.0 Å². The Balaban J connectivity index is 1.70. The van der Waals surface area contributed by atoms with Gasteiger partial charge >= 0.3 is 5.97 Å². The van der Waals surface area contributed by atoms with Gasteiger partial charge in [0.15, 0.2) is 6.73 Å². The quantitative estimate of drug-likeness (QED) is 0.685. The summed E-state index contributed by atoms with van der Waals surface area (Å²) in [6.07, 6.45) is -0.0898. The van der Waals surface area contributed by atoms with Crippen molar-refractivity contribution in [3.05, 3.63) is 70.3 Å². The second kappa shape index (κ2) is 6.35. The molecule has 0 bridgehead atoms. The molecule has 0 saturated carbocycles. The third kappa shape index (κ3) is 3.39. The molecule has 23 heavy (non-hydrogen) atoms. The molecule has 3 rings (SSSR count). The summed E-state index contributed by atoms with van der Waals surface area (Å²) in [7, 11) is 0. The summed E-state index contributed by atoms with van der Waals surface area (Å²) in [6, 6.07) is 12.4. The standard InChI is InChI=1S/C16H12FN3O3/c17-12-5-3-4-11(8-12)9-15(21)23-10-20-16(22)13-6-1-2-7-14(13)18-19-20/h1-8H,9-10H2. The summed E-state index contributed by atoms with van der Waals surface area (Å²) in [5, 5.41) is 8.00. The van der Waals surface area contributed by atoms with Gasteiger partial charge in [0, 0.05) is 0 Å². The largest absolute Gasteiger partial charge is 0.442 e. The van der Waals surface area contributed by atoms with E-state index in [1.54, 1.807) is 30.3 Å². The topological polar surface area (TPSA) is 74.1 Å². The van der Waals surface area contributed by atoms with Crippen molar-refractivity contribution in [1.29, 1.82) is 0 Å². The molecule has 116 valence electrons. The predicted molar refractivity (Wildman–Crippen MR) is 80.0 cm³/mol. The van der Waals surface area contributed by atoms with Crippen LogP contribution in [0.2, 0.25) is 0 Å². The van der Waals surface area contributed by atoms with Crippen LogP contribution in [0.25, 0.3) is 10.9 Å². The fourth-order valence-corrected chi connectivity index (χ4v) is 2.11. The Bertz CT molecular complexity index is 924. The van der Waals surface area contributed by atoms with Crippen LogP contribution < -0.4 is 5.56 Å². The number of ether oxygens (including phenoxy) is 1. The van der Waals surface area contributed by atoms with Crippen LogP contribution in [-0.4, -0.2) is 21.0 Å². The number of carbonyl (C=O) groups is 1. The molecule has 0 spiro atoms. The molecule has 0 unspecified atom stereocenters. The highest BCUT2D eigenvalue weighted by Gasteiger charge is 2.09. The van der Waals surface area contributed by atoms with Crippen LogP contribution in [0.4, 0.5) is 4.39 Å². The van der Waals surface area contributed by atoms with Crippen LogP contribution in [0, 0.1) is 5.82 Å². The van der Waals surface area contributed by atoms with Gasteiger partial charge in [0.2, 0.25) is 0 Å². The molecule has 1 heterocycles. The summed E-state index contributed by atoms with van der Waals surface area (Å²) in [4.78, 5) is 23.9. The molecule has 6 nitrogen and oxygen atoms in total. The van der Waals surface area contributed by atoms with Crippen molar-refractivity contribution in [3.63, 3.8) is 0 Å². The summed E-state index contributed by atoms with van der Waals surface area (Å²) in [6.45, 7) is -0.342. The van der Waals surface area contributed by atoms with Crippen LogP contribution in [0.15, 0.2) is 53.3 Å². The van der Waals surface area contributed by atoms with Crippen molar-refractivity contribution in [2.24, 2.45) is 0 Å². The van der Waals surface area contributed by atoms with Crippen molar-refractivity contribution < 1.29 is 13.9 Å². The first-order chi connectivity index (χ1) is 11.1. The second-order valence-corrected chi connectivity index (χ2v) is 4.86. The number of carbonyl (C=O) groups excluding carboxylic acids is 1. The van der Waals surface area contributed by atoms with E-state index in [0.717, 1.165) is 4.68 Å². The van der Waals surface area contributed by atoms with Crippen molar-refractivity contribution in [3.8, 4) is 0 Å². The van der Waals surface area contributed by atoms with Crippen LogP contribution in [0.5, 0.6) is 0 Å². The molecule has 0 fully saturated rings. The molecule has 3 aromatic rings. The van der Waals surface area contributed by atoms with E-state index in [9.17, 15) is 14.0 Å². The fraction of sp³-hybridized carbons (Fsp3) is 0.125. The number of fused-ring (bicyclic) bond motifs is 1. The molecule has 0 N–H and O–H groups in total. The Hall–Kier alpha value is -3.09. The molecule has 7 heteroatoms. The molecule has 0 aliphatic heterocycles. The molecule has 0 radical (unpaired) electrons. The van der Waals surface area contributed by atoms with Gasteiger partial charge in [-0.3, -0.25) is 9.59 Å². The maximum Gasteiger partial charge on any atom is 0.312 e. The van der Waals surface area contributed by atoms with E-state index in [0.29, 0.717) is 16.5 Å². The maximum atomic E-state index is 13.1. The van der Waals surface area contributed by atoms with Gasteiger partial charge in [-0.2, -0.15) is 4.68 Å². The molecule has 0 atom stereocenters. The van der Waals surface area contributed by atoms with Crippen LogP contribution in [0.3, 0.4) is 0 Å². The minimum Gasteiger partial charge on any atom is -0.442 e. The third-order valence-corrected chi connectivity index (χ3v) is 3.21. The van der Waals surface area contributed by atoms with Gasteiger partial charge in [0.25, 0.3) is 5.56 Å². The lowest BCUT2D eigenvalue weighted by Crippen LogP contribution is -2.26. The lowest BCUT2D eigenvalue weighted by atomic mass is 10.1. The molecular weight excluding hydrogens is 301 g/mol. The van der Waals surface area contributed by atoms with Gasteiger partial charge in [-0.25, -0.2) is 4.39 Å². The van der Waals surface area contributed by atoms with E-state index in [1.807, 2.05) is 0 Å². The summed E-state index contributed by atoms with van der Waals surface area (Å²) >= 11 is 0. The number of benzene rings is 2. The number of hydrogen-bond donors (Lipinski definition) is 0. The zero-order valence-electron chi connectivity index (χ0n) is 12.0. The normalized spacial score (nSPS) is 10.7. The predicted octanol–water partition coefficient (Wildman–Crippen LogP) is 1.67. The number of rotatable bonds is 4. The number of halogens is 1. The second-order valence-electron chi connectivity index (χ2n) is 4.86. The number of hydrogen-bond acceptors (Lipinski definition) is 5. The van der Waals surface area contributed by atoms with E-state index >= 15 is 0 Å². The first kappa shape index (κ1) is 14.8. The van der Waals surface area contributed by atoms with Gasteiger partial charge in [-0.15, -0.1) is 5.10 Å². The van der Waals surface area contributed by atoms with Gasteiger partial charge in [-0.1, -0.05) is 29.5 Å². The summed E-state index contributed by atoms with van der Waals surface area (Å²) in [5.41, 5.74) is 0.570. The van der Waals surface area contributed by atoms with Gasteiger partial charge < -0.3 is 4.74 Å². The Morgan fingerprint density at radius 2 is 2.00 bits per heavy atom. The molecular formula is C16H12FN3O3. The van der Waals surface area contributed by atoms with E-state index < -0.39 is 17.3 Å². The average molecular weight is 313 g/mol. The Morgan fingerprint density at radius 1 is 1.17 bits per heavy atom. The van der Waals surface area contributed by atoms with Gasteiger partial charge in [0.05, 0.1) is 11.8 Å². The monoisotopic (exact) mass is 313 g/mol. The highest BCUT2D eigenvalue weighted by molar-refractivity contribution is 5.76. The van der Waals surface area contributed by atoms with Gasteiger partial charge in [0.1, 0.15) is 11.3 Å². The number of aromatic nitrogens is 3. The Kier molecular flexibility index (Phi) is 4.09.